The molecule has 0 aliphatic rings. The van der Waals surface area contributed by atoms with E-state index in [9.17, 15) is 8.42 Å². The molecular weight excluding hydrogens is 204 g/mol. The fourth-order valence-electron chi connectivity index (χ4n) is 0.852. The summed E-state index contributed by atoms with van der Waals surface area (Å²) in [7, 11) is -3.56. The van der Waals surface area contributed by atoms with Gasteiger partial charge in [-0.2, -0.15) is 0 Å². The van der Waals surface area contributed by atoms with Crippen LogP contribution in [0.5, 0.6) is 0 Å². The lowest BCUT2D eigenvalue weighted by atomic mass is 10.5. The first kappa shape index (κ1) is 11.0. The maximum atomic E-state index is 11.4. The van der Waals surface area contributed by atoms with Gasteiger partial charge in [-0.05, 0) is 12.1 Å². The van der Waals surface area contributed by atoms with Crippen molar-refractivity contribution in [2.75, 3.05) is 6.54 Å². The van der Waals surface area contributed by atoms with Gasteiger partial charge in [0.1, 0.15) is 5.76 Å². The molecule has 0 amide bonds. The second kappa shape index (κ2) is 4.41. The van der Waals surface area contributed by atoms with Crippen molar-refractivity contribution < 1.29 is 12.8 Å². The van der Waals surface area contributed by atoms with E-state index in [4.69, 9.17) is 10.2 Å². The zero-order chi connectivity index (χ0) is 10.6. The summed E-state index contributed by atoms with van der Waals surface area (Å²) in [4.78, 5) is 0. The van der Waals surface area contributed by atoms with Crippen LogP contribution in [0.4, 0.5) is 0 Å². The highest BCUT2D eigenvalue weighted by molar-refractivity contribution is 7.89. The highest BCUT2D eigenvalue weighted by Crippen LogP contribution is 2.12. The standard InChI is InChI=1S/C8H12N2O3S/c1-2-5-10-14(11,12)8-4-3-7(6-9)13-8/h2-4,10H,1,5-6,9H2. The number of hydrogen-bond donors (Lipinski definition) is 2. The van der Waals surface area contributed by atoms with Crippen molar-refractivity contribution in [1.82, 2.24) is 4.72 Å². The van der Waals surface area contributed by atoms with Gasteiger partial charge in [-0.3, -0.25) is 0 Å². The van der Waals surface area contributed by atoms with E-state index in [1.54, 1.807) is 0 Å². The van der Waals surface area contributed by atoms with Gasteiger partial charge in [-0.15, -0.1) is 6.58 Å². The minimum Gasteiger partial charge on any atom is -0.447 e. The van der Waals surface area contributed by atoms with Crippen LogP contribution in [0.15, 0.2) is 34.3 Å². The molecule has 0 atom stereocenters. The Kier molecular flexibility index (Phi) is 3.45. The number of rotatable bonds is 5. The van der Waals surface area contributed by atoms with Gasteiger partial charge in [-0.1, -0.05) is 6.08 Å². The lowest BCUT2D eigenvalue weighted by molar-refractivity contribution is 0.413. The Balaban J connectivity index is 2.86. The fraction of sp³-hybridized carbons (Fsp3) is 0.250. The first-order chi connectivity index (χ1) is 6.60. The molecular formula is C8H12N2O3S. The average Bonchev–Trinajstić information content (AvgIpc) is 2.63. The fourth-order valence-corrected chi connectivity index (χ4v) is 1.80. The summed E-state index contributed by atoms with van der Waals surface area (Å²) < 4.78 is 30.1. The predicted molar refractivity (Wildman–Crippen MR) is 52.0 cm³/mol. The van der Waals surface area contributed by atoms with Crippen molar-refractivity contribution in [1.29, 1.82) is 0 Å². The molecule has 0 spiro atoms. The van der Waals surface area contributed by atoms with Gasteiger partial charge in [0.15, 0.2) is 0 Å². The van der Waals surface area contributed by atoms with Crippen LogP contribution < -0.4 is 10.5 Å². The monoisotopic (exact) mass is 216 g/mol. The topological polar surface area (TPSA) is 85.3 Å². The summed E-state index contributed by atoms with van der Waals surface area (Å²) in [6.45, 7) is 3.75. The summed E-state index contributed by atoms with van der Waals surface area (Å²) in [5.74, 6) is 0.434. The first-order valence-corrected chi connectivity index (χ1v) is 5.48. The zero-order valence-corrected chi connectivity index (χ0v) is 8.38. The molecule has 0 aliphatic heterocycles. The summed E-state index contributed by atoms with van der Waals surface area (Å²) in [6.07, 6.45) is 1.45. The van der Waals surface area contributed by atoms with E-state index < -0.39 is 10.0 Å². The molecule has 0 saturated heterocycles. The summed E-state index contributed by atoms with van der Waals surface area (Å²) in [6, 6.07) is 2.90. The quantitative estimate of drug-likeness (QED) is 0.689. The summed E-state index contributed by atoms with van der Waals surface area (Å²) >= 11 is 0. The number of nitrogens with one attached hydrogen (secondary N) is 1. The Labute approximate surface area is 82.6 Å². The molecule has 1 aromatic heterocycles. The van der Waals surface area contributed by atoms with E-state index >= 15 is 0 Å². The van der Waals surface area contributed by atoms with Gasteiger partial charge in [0.2, 0.25) is 5.09 Å². The van der Waals surface area contributed by atoms with Crippen molar-refractivity contribution in [3.05, 3.63) is 30.5 Å². The van der Waals surface area contributed by atoms with Crippen LogP contribution in [-0.4, -0.2) is 15.0 Å². The van der Waals surface area contributed by atoms with Crippen molar-refractivity contribution in [2.45, 2.75) is 11.6 Å². The second-order valence-corrected chi connectivity index (χ2v) is 4.26. The van der Waals surface area contributed by atoms with E-state index in [0.717, 1.165) is 0 Å². The Morgan fingerprint density at radius 3 is 2.79 bits per heavy atom. The third-order valence-electron chi connectivity index (χ3n) is 1.52. The number of nitrogens with two attached hydrogens (primary N) is 1. The molecule has 0 radical (unpaired) electrons. The predicted octanol–water partition coefficient (Wildman–Crippen LogP) is 0.203. The molecule has 5 nitrogen and oxygen atoms in total. The van der Waals surface area contributed by atoms with Crippen LogP contribution in [0, 0.1) is 0 Å². The Morgan fingerprint density at radius 1 is 1.57 bits per heavy atom. The molecule has 1 aromatic rings. The molecule has 0 unspecified atom stereocenters. The Bertz CT molecular complexity index is 408. The van der Waals surface area contributed by atoms with E-state index in [1.165, 1.54) is 18.2 Å². The minimum atomic E-state index is -3.56. The molecule has 0 fully saturated rings. The van der Waals surface area contributed by atoms with Gasteiger partial charge in [-0.25, -0.2) is 13.1 Å². The smallest absolute Gasteiger partial charge is 0.274 e. The van der Waals surface area contributed by atoms with Crippen LogP contribution in [0.3, 0.4) is 0 Å². The van der Waals surface area contributed by atoms with Crippen molar-refractivity contribution in [3.8, 4) is 0 Å². The third-order valence-corrected chi connectivity index (χ3v) is 2.82. The van der Waals surface area contributed by atoms with Gasteiger partial charge in [0, 0.05) is 6.54 Å². The molecule has 3 N–H and O–H groups in total. The van der Waals surface area contributed by atoms with Crippen LogP contribution in [-0.2, 0) is 16.6 Å². The Morgan fingerprint density at radius 2 is 2.29 bits per heavy atom. The molecule has 78 valence electrons. The van der Waals surface area contributed by atoms with Crippen molar-refractivity contribution in [2.24, 2.45) is 5.73 Å². The number of furan rings is 1. The van der Waals surface area contributed by atoms with Gasteiger partial charge in [0.05, 0.1) is 6.54 Å². The van der Waals surface area contributed by atoms with Gasteiger partial charge >= 0.3 is 0 Å². The minimum absolute atomic E-state index is 0.125. The lowest BCUT2D eigenvalue weighted by Crippen LogP contribution is -2.23. The molecule has 1 rings (SSSR count). The average molecular weight is 216 g/mol. The normalized spacial score (nSPS) is 11.5. The first-order valence-electron chi connectivity index (χ1n) is 3.99. The molecule has 1 heterocycles. The highest BCUT2D eigenvalue weighted by Gasteiger charge is 2.16. The largest absolute Gasteiger partial charge is 0.447 e. The number of hydrogen-bond acceptors (Lipinski definition) is 4. The maximum Gasteiger partial charge on any atom is 0.274 e. The van der Waals surface area contributed by atoms with E-state index in [-0.39, 0.29) is 18.2 Å². The van der Waals surface area contributed by atoms with E-state index in [0.29, 0.717) is 5.76 Å². The molecule has 0 aromatic carbocycles. The summed E-state index contributed by atoms with van der Waals surface area (Å²) in [5, 5.41) is -0.125. The maximum absolute atomic E-state index is 11.4. The molecule has 0 saturated carbocycles. The van der Waals surface area contributed by atoms with E-state index in [2.05, 4.69) is 11.3 Å². The summed E-state index contributed by atoms with van der Waals surface area (Å²) in [5.41, 5.74) is 5.28. The molecule has 6 heteroatoms. The molecule has 14 heavy (non-hydrogen) atoms. The highest BCUT2D eigenvalue weighted by atomic mass is 32.2. The van der Waals surface area contributed by atoms with Gasteiger partial charge < -0.3 is 10.2 Å². The molecule has 0 bridgehead atoms. The SMILES string of the molecule is C=CCNS(=O)(=O)c1ccc(CN)o1. The van der Waals surface area contributed by atoms with Crippen LogP contribution in [0.1, 0.15) is 5.76 Å². The van der Waals surface area contributed by atoms with E-state index in [1.807, 2.05) is 0 Å². The third kappa shape index (κ3) is 2.44. The second-order valence-electron chi connectivity index (χ2n) is 2.57. The van der Waals surface area contributed by atoms with Crippen LogP contribution in [0.25, 0.3) is 0 Å². The van der Waals surface area contributed by atoms with Crippen molar-refractivity contribution in [3.63, 3.8) is 0 Å². The van der Waals surface area contributed by atoms with Crippen LogP contribution in [0.2, 0.25) is 0 Å². The molecule has 0 aliphatic carbocycles. The van der Waals surface area contributed by atoms with Gasteiger partial charge in [0.25, 0.3) is 10.0 Å². The zero-order valence-electron chi connectivity index (χ0n) is 7.56. The van der Waals surface area contributed by atoms with Crippen molar-refractivity contribution >= 4 is 10.0 Å². The Hall–Kier alpha value is -1.11. The number of sulfonamides is 1. The lowest BCUT2D eigenvalue weighted by Gasteiger charge is -1.99. The van der Waals surface area contributed by atoms with Crippen LogP contribution >= 0.6 is 0 Å².